The normalized spacial score (nSPS) is 12.1. The highest BCUT2D eigenvalue weighted by atomic mass is 79.9. The molecule has 1 unspecified atom stereocenters. The van der Waals surface area contributed by atoms with Crippen LogP contribution in [0.15, 0.2) is 40.9 Å². The summed E-state index contributed by atoms with van der Waals surface area (Å²) in [4.78, 5) is 0. The fraction of sp³-hybridized carbons (Fsp3) is 0.200. The summed E-state index contributed by atoms with van der Waals surface area (Å²) in [6.07, 6.45) is 0. The summed E-state index contributed by atoms with van der Waals surface area (Å²) in [7, 11) is 3.08. The molecule has 0 heterocycles. The number of halogens is 2. The minimum atomic E-state index is -0.617. The van der Waals surface area contributed by atoms with Gasteiger partial charge in [-0.15, -0.1) is 0 Å². The second-order valence-electron chi connectivity index (χ2n) is 4.23. The molecule has 0 saturated heterocycles. The van der Waals surface area contributed by atoms with Crippen molar-refractivity contribution >= 4 is 15.9 Å². The van der Waals surface area contributed by atoms with Gasteiger partial charge in [0.2, 0.25) is 0 Å². The number of methoxy groups -OCH3 is 2. The highest BCUT2D eigenvalue weighted by Crippen LogP contribution is 2.34. The molecule has 1 atom stereocenters. The minimum absolute atomic E-state index is 0.340. The number of hydrogen-bond donors (Lipinski definition) is 1. The zero-order chi connectivity index (χ0) is 14.7. The highest BCUT2D eigenvalue weighted by molar-refractivity contribution is 9.10. The van der Waals surface area contributed by atoms with Crippen molar-refractivity contribution < 1.29 is 13.9 Å². The summed E-state index contributed by atoms with van der Waals surface area (Å²) in [6, 6.07) is 9.44. The van der Waals surface area contributed by atoms with Gasteiger partial charge in [0.15, 0.2) is 0 Å². The van der Waals surface area contributed by atoms with E-state index in [1.165, 1.54) is 13.2 Å². The molecule has 0 aliphatic heterocycles. The molecule has 0 radical (unpaired) electrons. The predicted octanol–water partition coefficient (Wildman–Crippen LogP) is 3.65. The molecule has 0 aliphatic rings. The Morgan fingerprint density at radius 1 is 1.10 bits per heavy atom. The zero-order valence-electron chi connectivity index (χ0n) is 11.2. The van der Waals surface area contributed by atoms with Gasteiger partial charge in [-0.2, -0.15) is 0 Å². The summed E-state index contributed by atoms with van der Waals surface area (Å²) >= 11 is 3.40. The maximum absolute atomic E-state index is 14.0. The molecule has 2 rings (SSSR count). The lowest BCUT2D eigenvalue weighted by molar-refractivity contribution is 0.401. The van der Waals surface area contributed by atoms with Crippen LogP contribution in [0, 0.1) is 5.82 Å². The summed E-state index contributed by atoms with van der Waals surface area (Å²) < 4.78 is 25.1. The van der Waals surface area contributed by atoms with Gasteiger partial charge in [0.05, 0.1) is 30.3 Å². The van der Waals surface area contributed by atoms with E-state index in [0.29, 0.717) is 17.1 Å². The van der Waals surface area contributed by atoms with Crippen molar-refractivity contribution in [2.45, 2.75) is 6.04 Å². The molecule has 0 bridgehead atoms. The van der Waals surface area contributed by atoms with Crippen LogP contribution in [0.3, 0.4) is 0 Å². The van der Waals surface area contributed by atoms with Crippen LogP contribution in [-0.4, -0.2) is 14.2 Å². The van der Waals surface area contributed by atoms with E-state index in [4.69, 9.17) is 15.2 Å². The van der Waals surface area contributed by atoms with Crippen molar-refractivity contribution in [1.29, 1.82) is 0 Å². The largest absolute Gasteiger partial charge is 0.496 e. The van der Waals surface area contributed by atoms with E-state index in [0.717, 1.165) is 10.0 Å². The van der Waals surface area contributed by atoms with Gasteiger partial charge in [-0.1, -0.05) is 12.1 Å². The van der Waals surface area contributed by atoms with Crippen LogP contribution in [0.25, 0.3) is 0 Å². The fourth-order valence-corrected chi connectivity index (χ4v) is 2.60. The van der Waals surface area contributed by atoms with E-state index in [9.17, 15) is 4.39 Å². The Kier molecular flexibility index (Phi) is 4.62. The average molecular weight is 340 g/mol. The molecule has 5 heteroatoms. The number of ether oxygens (including phenoxy) is 2. The summed E-state index contributed by atoms with van der Waals surface area (Å²) in [5.74, 6) is 0.745. The molecule has 0 saturated carbocycles. The first kappa shape index (κ1) is 14.8. The van der Waals surface area contributed by atoms with E-state index < -0.39 is 6.04 Å². The van der Waals surface area contributed by atoms with E-state index in [1.807, 2.05) is 6.07 Å². The molecule has 106 valence electrons. The van der Waals surface area contributed by atoms with Gasteiger partial charge in [-0.05, 0) is 45.8 Å². The quantitative estimate of drug-likeness (QED) is 0.924. The van der Waals surface area contributed by atoms with E-state index in [2.05, 4.69) is 15.9 Å². The molecule has 0 amide bonds. The van der Waals surface area contributed by atoms with Gasteiger partial charge in [-0.3, -0.25) is 0 Å². The summed E-state index contributed by atoms with van der Waals surface area (Å²) in [5.41, 5.74) is 7.28. The fourth-order valence-electron chi connectivity index (χ4n) is 2.04. The molecule has 2 aromatic rings. The maximum Gasteiger partial charge on any atom is 0.133 e. The molecular weight excluding hydrogens is 325 g/mol. The Morgan fingerprint density at radius 2 is 1.80 bits per heavy atom. The van der Waals surface area contributed by atoms with Gasteiger partial charge in [0.1, 0.15) is 17.3 Å². The van der Waals surface area contributed by atoms with Gasteiger partial charge in [0, 0.05) is 0 Å². The predicted molar refractivity (Wildman–Crippen MR) is 79.7 cm³/mol. The first-order valence-corrected chi connectivity index (χ1v) is 6.79. The molecule has 3 nitrogen and oxygen atoms in total. The third-order valence-electron chi connectivity index (χ3n) is 3.08. The van der Waals surface area contributed by atoms with Crippen LogP contribution < -0.4 is 15.2 Å². The van der Waals surface area contributed by atoms with Gasteiger partial charge >= 0.3 is 0 Å². The Hall–Kier alpha value is -1.59. The molecule has 2 N–H and O–H groups in total. The highest BCUT2D eigenvalue weighted by Gasteiger charge is 2.19. The average Bonchev–Trinajstić information content (AvgIpc) is 2.46. The van der Waals surface area contributed by atoms with Crippen LogP contribution in [-0.2, 0) is 0 Å². The Morgan fingerprint density at radius 3 is 2.40 bits per heavy atom. The molecule has 0 fully saturated rings. The van der Waals surface area contributed by atoms with Crippen molar-refractivity contribution in [3.05, 3.63) is 57.8 Å². The first-order chi connectivity index (χ1) is 9.58. The van der Waals surface area contributed by atoms with Crippen molar-refractivity contribution in [2.75, 3.05) is 14.2 Å². The third kappa shape index (κ3) is 2.78. The number of hydrogen-bond acceptors (Lipinski definition) is 3. The smallest absolute Gasteiger partial charge is 0.133 e. The standard InChI is InChI=1S/C15H15BrFNO2/c1-19-12-7-6-9(8-10(12)16)15(18)14-11(17)4-3-5-13(14)20-2/h3-8,15H,18H2,1-2H3. The van der Waals surface area contributed by atoms with Gasteiger partial charge in [0.25, 0.3) is 0 Å². The summed E-state index contributed by atoms with van der Waals surface area (Å²) in [6.45, 7) is 0. The Balaban J connectivity index is 2.46. The van der Waals surface area contributed by atoms with E-state index in [-0.39, 0.29) is 5.82 Å². The number of rotatable bonds is 4. The number of benzene rings is 2. The second-order valence-corrected chi connectivity index (χ2v) is 5.08. The third-order valence-corrected chi connectivity index (χ3v) is 3.70. The lowest BCUT2D eigenvalue weighted by Crippen LogP contribution is -2.15. The van der Waals surface area contributed by atoms with Gasteiger partial charge in [-0.25, -0.2) is 4.39 Å². The topological polar surface area (TPSA) is 44.5 Å². The molecular formula is C15H15BrFNO2. The lowest BCUT2D eigenvalue weighted by Gasteiger charge is -2.17. The van der Waals surface area contributed by atoms with Crippen molar-refractivity contribution in [3.63, 3.8) is 0 Å². The second kappa shape index (κ2) is 6.24. The van der Waals surface area contributed by atoms with Gasteiger partial charge < -0.3 is 15.2 Å². The first-order valence-electron chi connectivity index (χ1n) is 6.00. The SMILES string of the molecule is COc1ccc(C(N)c2c(F)cccc2OC)cc1Br. The van der Waals surface area contributed by atoms with Crippen molar-refractivity contribution in [1.82, 2.24) is 0 Å². The van der Waals surface area contributed by atoms with Crippen LogP contribution in [0.4, 0.5) is 4.39 Å². The molecule has 0 spiro atoms. The van der Waals surface area contributed by atoms with Crippen molar-refractivity contribution in [2.24, 2.45) is 5.73 Å². The number of nitrogens with two attached hydrogens (primary N) is 1. The van der Waals surface area contributed by atoms with Crippen molar-refractivity contribution in [3.8, 4) is 11.5 Å². The Labute approximate surface area is 125 Å². The van der Waals surface area contributed by atoms with Crippen LogP contribution in [0.5, 0.6) is 11.5 Å². The molecule has 0 aliphatic carbocycles. The molecule has 0 aromatic heterocycles. The molecule has 2 aromatic carbocycles. The molecule has 20 heavy (non-hydrogen) atoms. The van der Waals surface area contributed by atoms with Crippen LogP contribution in [0.2, 0.25) is 0 Å². The zero-order valence-corrected chi connectivity index (χ0v) is 12.8. The maximum atomic E-state index is 14.0. The summed E-state index contributed by atoms with van der Waals surface area (Å²) in [5, 5.41) is 0. The monoisotopic (exact) mass is 339 g/mol. The Bertz CT molecular complexity index is 619. The lowest BCUT2D eigenvalue weighted by atomic mass is 9.98. The van der Waals surface area contributed by atoms with Crippen LogP contribution >= 0.6 is 15.9 Å². The minimum Gasteiger partial charge on any atom is -0.496 e. The van der Waals surface area contributed by atoms with E-state index in [1.54, 1.807) is 31.4 Å². The van der Waals surface area contributed by atoms with E-state index >= 15 is 0 Å². The van der Waals surface area contributed by atoms with Crippen LogP contribution in [0.1, 0.15) is 17.2 Å².